The number of nitrogens with zero attached hydrogens (tertiary/aromatic N) is 2. The van der Waals surface area contributed by atoms with Crippen LogP contribution in [-0.4, -0.2) is 31.0 Å². The predicted octanol–water partition coefficient (Wildman–Crippen LogP) is 4.70. The zero-order valence-electron chi connectivity index (χ0n) is 17.7. The van der Waals surface area contributed by atoms with Crippen molar-refractivity contribution < 1.29 is 26.6 Å². The van der Waals surface area contributed by atoms with Crippen molar-refractivity contribution in [1.82, 2.24) is 15.0 Å². The largest absolute Gasteiger partial charge is 0.367 e. The third kappa shape index (κ3) is 4.23. The van der Waals surface area contributed by atoms with Crippen LogP contribution in [0.25, 0.3) is 11.0 Å². The lowest BCUT2D eigenvalue weighted by Gasteiger charge is -2.13. The highest BCUT2D eigenvalue weighted by atomic mass is 32.2. The zero-order valence-corrected chi connectivity index (χ0v) is 18.6. The van der Waals surface area contributed by atoms with Gasteiger partial charge >= 0.3 is 0 Å². The molecule has 0 bridgehead atoms. The third-order valence-electron chi connectivity index (χ3n) is 4.77. The van der Waals surface area contributed by atoms with Crippen molar-refractivity contribution in [2.45, 2.75) is 24.8 Å². The van der Waals surface area contributed by atoms with Gasteiger partial charge in [-0.25, -0.2) is 31.7 Å². The molecule has 0 aliphatic carbocycles. The maximum atomic E-state index is 15.3. The molecule has 0 aliphatic rings. The summed E-state index contributed by atoms with van der Waals surface area (Å²) in [5, 5.41) is 3.27. The van der Waals surface area contributed by atoms with E-state index in [1.54, 1.807) is 0 Å². The van der Waals surface area contributed by atoms with Crippen LogP contribution in [0.15, 0.2) is 47.8 Å². The molecule has 0 saturated heterocycles. The second-order valence-corrected chi connectivity index (χ2v) is 8.63. The van der Waals surface area contributed by atoms with Crippen LogP contribution in [0.1, 0.15) is 29.8 Å². The number of benzene rings is 2. The number of H-pyrrole nitrogens is 1. The molecule has 2 aromatic carbocycles. The Hall–Kier alpha value is -3.80. The van der Waals surface area contributed by atoms with Gasteiger partial charge in [0.2, 0.25) is 5.78 Å². The fraction of sp³-hybridized carbons (Fsp3) is 0.136. The molecule has 0 aliphatic heterocycles. The number of aromatic amines is 1. The summed E-state index contributed by atoms with van der Waals surface area (Å²) >= 11 is 0. The Balaban J connectivity index is 1.76. The first-order valence-electron chi connectivity index (χ1n) is 9.92. The Morgan fingerprint density at radius 1 is 1.03 bits per heavy atom. The van der Waals surface area contributed by atoms with Gasteiger partial charge in [0.05, 0.1) is 22.2 Å². The molecule has 12 heteroatoms. The smallest absolute Gasteiger partial charge is 0.201 e. The number of carbonyl (C=O) groups excluding carboxylic acids is 1. The lowest BCUT2D eigenvalue weighted by atomic mass is 10.0. The second-order valence-electron chi connectivity index (χ2n) is 7.48. The van der Waals surface area contributed by atoms with E-state index in [4.69, 9.17) is 0 Å². The van der Waals surface area contributed by atoms with E-state index in [2.05, 4.69) is 25.0 Å². The number of aromatic nitrogens is 3. The minimum atomic E-state index is -2.58. The van der Waals surface area contributed by atoms with Crippen LogP contribution in [-0.2, 0) is 11.0 Å². The summed E-state index contributed by atoms with van der Waals surface area (Å²) in [7, 11) is -2.58. The first-order chi connectivity index (χ1) is 16.2. The second kappa shape index (κ2) is 9.21. The van der Waals surface area contributed by atoms with Crippen molar-refractivity contribution in [1.29, 1.82) is 0 Å². The first-order valence-corrected chi connectivity index (χ1v) is 11.1. The van der Waals surface area contributed by atoms with Crippen LogP contribution in [0.2, 0.25) is 0 Å². The van der Waals surface area contributed by atoms with Gasteiger partial charge in [0.15, 0.2) is 16.8 Å². The van der Waals surface area contributed by atoms with Crippen molar-refractivity contribution in [3.05, 3.63) is 77.3 Å². The Bertz CT molecular complexity index is 1420. The molecule has 0 saturated carbocycles. The molecule has 4 aromatic rings. The number of hydrogen-bond donors (Lipinski definition) is 3. The van der Waals surface area contributed by atoms with Crippen molar-refractivity contribution in [3.8, 4) is 0 Å². The van der Waals surface area contributed by atoms with E-state index < -0.39 is 56.2 Å². The Kier molecular flexibility index (Phi) is 6.33. The van der Waals surface area contributed by atoms with Gasteiger partial charge in [-0.3, -0.25) is 9.52 Å². The molecule has 1 unspecified atom stereocenters. The van der Waals surface area contributed by atoms with Gasteiger partial charge in [-0.15, -0.1) is 0 Å². The van der Waals surface area contributed by atoms with Crippen LogP contribution in [0, 0.1) is 23.3 Å². The SMILES string of the molecule is CC(C)Nc1ncnc2[nH]cc(C(=O)c3c(F)ccc(NS(=O)c4c(F)cccc4F)c3F)c12. The van der Waals surface area contributed by atoms with Crippen molar-refractivity contribution in [2.75, 3.05) is 10.0 Å². The van der Waals surface area contributed by atoms with Gasteiger partial charge < -0.3 is 10.3 Å². The van der Waals surface area contributed by atoms with Crippen LogP contribution >= 0.6 is 0 Å². The van der Waals surface area contributed by atoms with E-state index in [0.29, 0.717) is 0 Å². The standard InChI is InChI=1S/C22H17F4N5O2S/c1-10(2)30-22-16-11(8-27-21(16)28-9-29-22)19(32)17-12(23)6-7-15(18(17)26)31-34(33)20-13(24)4-3-5-14(20)25/h3-10,31H,1-2H3,(H2,27,28,29,30). The fourth-order valence-electron chi connectivity index (χ4n) is 3.31. The maximum Gasteiger partial charge on any atom is 0.201 e. The predicted molar refractivity (Wildman–Crippen MR) is 119 cm³/mol. The quantitative estimate of drug-likeness (QED) is 0.257. The summed E-state index contributed by atoms with van der Waals surface area (Å²) in [6.07, 6.45) is 2.51. The molecule has 2 aromatic heterocycles. The molecule has 0 fully saturated rings. The fourth-order valence-corrected chi connectivity index (χ4v) is 4.26. The van der Waals surface area contributed by atoms with E-state index in [1.807, 2.05) is 13.8 Å². The molecular weight excluding hydrogens is 474 g/mol. The zero-order chi connectivity index (χ0) is 24.6. The van der Waals surface area contributed by atoms with E-state index >= 15 is 4.39 Å². The van der Waals surface area contributed by atoms with Crippen LogP contribution in [0.3, 0.4) is 0 Å². The molecule has 1 atom stereocenters. The van der Waals surface area contributed by atoms with Crippen LogP contribution in [0.5, 0.6) is 0 Å². The summed E-state index contributed by atoms with van der Waals surface area (Å²) in [5.74, 6) is -5.53. The maximum absolute atomic E-state index is 15.3. The summed E-state index contributed by atoms with van der Waals surface area (Å²) in [6.45, 7) is 3.68. The third-order valence-corrected chi connectivity index (χ3v) is 5.93. The van der Waals surface area contributed by atoms with Crippen molar-refractivity contribution in [3.63, 3.8) is 0 Å². The molecule has 3 N–H and O–H groups in total. The number of rotatable bonds is 7. The molecule has 4 rings (SSSR count). The van der Waals surface area contributed by atoms with E-state index in [1.165, 1.54) is 12.5 Å². The minimum absolute atomic E-state index is 0.0642. The molecule has 34 heavy (non-hydrogen) atoms. The normalized spacial score (nSPS) is 12.2. The number of nitrogens with one attached hydrogen (secondary N) is 3. The number of anilines is 2. The Morgan fingerprint density at radius 3 is 2.41 bits per heavy atom. The van der Waals surface area contributed by atoms with Crippen LogP contribution < -0.4 is 10.0 Å². The topological polar surface area (TPSA) is 99.8 Å². The monoisotopic (exact) mass is 491 g/mol. The molecule has 176 valence electrons. The van der Waals surface area contributed by atoms with Crippen molar-refractivity contribution >= 4 is 39.3 Å². The number of hydrogen-bond acceptors (Lipinski definition) is 5. The summed E-state index contributed by atoms with van der Waals surface area (Å²) in [5.41, 5.74) is -1.36. The lowest BCUT2D eigenvalue weighted by Crippen LogP contribution is -2.15. The minimum Gasteiger partial charge on any atom is -0.367 e. The molecule has 0 amide bonds. The highest BCUT2D eigenvalue weighted by Crippen LogP contribution is 2.30. The van der Waals surface area contributed by atoms with E-state index in [0.717, 1.165) is 30.3 Å². The van der Waals surface area contributed by atoms with E-state index in [-0.39, 0.29) is 28.5 Å². The van der Waals surface area contributed by atoms with Gasteiger partial charge in [-0.2, -0.15) is 0 Å². The van der Waals surface area contributed by atoms with Gasteiger partial charge in [0, 0.05) is 12.2 Å². The summed E-state index contributed by atoms with van der Waals surface area (Å²) < 4.78 is 72.3. The average Bonchev–Trinajstić information content (AvgIpc) is 3.20. The van der Waals surface area contributed by atoms with Crippen molar-refractivity contribution in [2.24, 2.45) is 0 Å². The Morgan fingerprint density at radius 2 is 1.74 bits per heavy atom. The molecular formula is C22H17F4N5O2S. The number of fused-ring (bicyclic) bond motifs is 1. The van der Waals surface area contributed by atoms with E-state index in [9.17, 15) is 22.2 Å². The molecule has 0 spiro atoms. The van der Waals surface area contributed by atoms with Crippen LogP contribution in [0.4, 0.5) is 29.1 Å². The molecule has 2 heterocycles. The van der Waals surface area contributed by atoms with Gasteiger partial charge in [0.1, 0.15) is 40.1 Å². The number of carbonyl (C=O) groups is 1. The average molecular weight is 491 g/mol. The number of halogens is 4. The summed E-state index contributed by atoms with van der Waals surface area (Å²) in [4.78, 5) is 23.3. The first kappa shape index (κ1) is 23.4. The summed E-state index contributed by atoms with van der Waals surface area (Å²) in [6, 6.07) is 4.44. The highest BCUT2D eigenvalue weighted by molar-refractivity contribution is 7.86. The van der Waals surface area contributed by atoms with Gasteiger partial charge in [-0.1, -0.05) is 6.07 Å². The van der Waals surface area contributed by atoms with Gasteiger partial charge in [-0.05, 0) is 38.1 Å². The van der Waals surface area contributed by atoms with Gasteiger partial charge in [0.25, 0.3) is 0 Å². The lowest BCUT2D eigenvalue weighted by molar-refractivity contribution is 0.103. The highest BCUT2D eigenvalue weighted by Gasteiger charge is 2.27. The number of ketones is 1. The molecule has 0 radical (unpaired) electrons. The molecule has 7 nitrogen and oxygen atoms in total. The Labute approximate surface area is 193 Å².